The lowest BCUT2D eigenvalue weighted by molar-refractivity contribution is 0.0941. The number of rotatable bonds is 8. The Morgan fingerprint density at radius 1 is 1.26 bits per heavy atom. The monoisotopic (exact) mass is 438 g/mol. The van der Waals surface area contributed by atoms with Crippen molar-refractivity contribution in [1.82, 2.24) is 20.0 Å². The molecule has 3 aromatic rings. The molecule has 1 atom stereocenters. The van der Waals surface area contributed by atoms with Crippen LogP contribution >= 0.6 is 11.3 Å². The Morgan fingerprint density at radius 2 is 2.10 bits per heavy atom. The van der Waals surface area contributed by atoms with Gasteiger partial charge in [0.1, 0.15) is 17.1 Å². The second-order valence-electron chi connectivity index (χ2n) is 7.99. The summed E-state index contributed by atoms with van der Waals surface area (Å²) in [6.45, 7) is 5.16. The molecule has 0 radical (unpaired) electrons. The molecule has 1 saturated heterocycles. The van der Waals surface area contributed by atoms with Crippen molar-refractivity contribution in [3.8, 4) is 22.0 Å². The number of hydrogen-bond donors (Lipinski definition) is 1. The molecule has 1 aromatic carbocycles. The lowest BCUT2D eigenvalue weighted by atomic mass is 10.0. The van der Waals surface area contributed by atoms with Gasteiger partial charge in [-0.15, -0.1) is 11.3 Å². The molecule has 1 amide bonds. The van der Waals surface area contributed by atoms with Crippen molar-refractivity contribution in [2.24, 2.45) is 0 Å². The molecule has 6 nitrogen and oxygen atoms in total. The smallest absolute Gasteiger partial charge is 0.270 e. The van der Waals surface area contributed by atoms with E-state index in [0.29, 0.717) is 18.3 Å². The maximum Gasteiger partial charge on any atom is 0.270 e. The molecule has 0 saturated carbocycles. The fourth-order valence-electron chi connectivity index (χ4n) is 4.07. The van der Waals surface area contributed by atoms with Crippen molar-refractivity contribution in [3.05, 3.63) is 53.5 Å². The first-order chi connectivity index (χ1) is 15.2. The molecule has 1 aliphatic rings. The highest BCUT2D eigenvalue weighted by Crippen LogP contribution is 2.26. The summed E-state index contributed by atoms with van der Waals surface area (Å²) in [5.74, 6) is 0.671. The number of aromatic nitrogens is 2. The zero-order chi connectivity index (χ0) is 21.6. The van der Waals surface area contributed by atoms with Crippen molar-refractivity contribution in [2.45, 2.75) is 38.6 Å². The minimum Gasteiger partial charge on any atom is -0.497 e. The Morgan fingerprint density at radius 3 is 2.81 bits per heavy atom. The lowest BCUT2D eigenvalue weighted by Gasteiger charge is -2.33. The molecule has 164 valence electrons. The van der Waals surface area contributed by atoms with Crippen LogP contribution in [0.2, 0.25) is 0 Å². The van der Waals surface area contributed by atoms with Crippen LogP contribution in [0.1, 0.15) is 43.1 Å². The lowest BCUT2D eigenvalue weighted by Crippen LogP contribution is -2.39. The summed E-state index contributed by atoms with van der Waals surface area (Å²) in [4.78, 5) is 16.6. The van der Waals surface area contributed by atoms with Gasteiger partial charge in [0, 0.05) is 19.1 Å². The highest BCUT2D eigenvalue weighted by Gasteiger charge is 2.19. The number of carbonyl (C=O) groups excluding carboxylic acids is 1. The Bertz CT molecular complexity index is 982. The van der Waals surface area contributed by atoms with E-state index in [9.17, 15) is 4.79 Å². The van der Waals surface area contributed by atoms with Gasteiger partial charge in [0.25, 0.3) is 5.91 Å². The molecule has 2 aromatic heterocycles. The van der Waals surface area contributed by atoms with E-state index in [0.717, 1.165) is 35.0 Å². The van der Waals surface area contributed by atoms with Crippen LogP contribution in [-0.4, -0.2) is 53.4 Å². The van der Waals surface area contributed by atoms with Crippen LogP contribution in [0.3, 0.4) is 0 Å². The largest absolute Gasteiger partial charge is 0.497 e. The Balaban J connectivity index is 1.46. The molecular formula is C24H30N4O2S. The van der Waals surface area contributed by atoms with Gasteiger partial charge >= 0.3 is 0 Å². The molecule has 7 heteroatoms. The number of amides is 1. The van der Waals surface area contributed by atoms with Gasteiger partial charge in [0.05, 0.1) is 17.7 Å². The number of likely N-dealkylation sites (tertiary alicyclic amines) is 1. The van der Waals surface area contributed by atoms with Crippen LogP contribution in [0.5, 0.6) is 5.75 Å². The number of benzene rings is 1. The number of nitrogens with zero attached hydrogens (tertiary/aromatic N) is 3. The molecule has 1 unspecified atom stereocenters. The van der Waals surface area contributed by atoms with Crippen molar-refractivity contribution in [3.63, 3.8) is 0 Å². The van der Waals surface area contributed by atoms with E-state index in [1.54, 1.807) is 23.1 Å². The summed E-state index contributed by atoms with van der Waals surface area (Å²) < 4.78 is 6.98. The number of nitrogens with one attached hydrogen (secondary N) is 1. The van der Waals surface area contributed by atoms with Crippen molar-refractivity contribution in [1.29, 1.82) is 0 Å². The summed E-state index contributed by atoms with van der Waals surface area (Å²) in [6.07, 6.45) is 4.84. The zero-order valence-corrected chi connectivity index (χ0v) is 19.0. The summed E-state index contributed by atoms with van der Waals surface area (Å²) in [5.41, 5.74) is 2.17. The molecule has 1 N–H and O–H groups in total. The van der Waals surface area contributed by atoms with Crippen LogP contribution in [0, 0.1) is 0 Å². The SMILES string of the molecule is COc1ccc(-n2nc(-c3cccs3)cc2C(=O)NCCCN2CCCCC2C)cc1. The number of thiophene rings is 1. The summed E-state index contributed by atoms with van der Waals surface area (Å²) in [7, 11) is 1.64. The molecular weight excluding hydrogens is 408 g/mol. The van der Waals surface area contributed by atoms with Crippen molar-refractivity contribution >= 4 is 17.2 Å². The van der Waals surface area contributed by atoms with Gasteiger partial charge in [0.15, 0.2) is 0 Å². The van der Waals surface area contributed by atoms with E-state index in [4.69, 9.17) is 9.84 Å². The fourth-order valence-corrected chi connectivity index (χ4v) is 4.75. The molecule has 0 spiro atoms. The molecule has 3 heterocycles. The Labute approximate surface area is 187 Å². The van der Waals surface area contributed by atoms with Crippen LogP contribution in [0.4, 0.5) is 0 Å². The molecule has 0 aliphatic carbocycles. The van der Waals surface area contributed by atoms with Gasteiger partial charge in [-0.2, -0.15) is 5.10 Å². The minimum atomic E-state index is -0.0992. The molecule has 4 rings (SSSR count). The summed E-state index contributed by atoms with van der Waals surface area (Å²) in [5, 5.41) is 9.84. The van der Waals surface area contributed by atoms with Gasteiger partial charge in [-0.05, 0) is 74.5 Å². The van der Waals surface area contributed by atoms with Gasteiger partial charge in [0.2, 0.25) is 0 Å². The molecule has 0 bridgehead atoms. The summed E-state index contributed by atoms with van der Waals surface area (Å²) >= 11 is 1.62. The van der Waals surface area contributed by atoms with Gasteiger partial charge in [-0.1, -0.05) is 12.5 Å². The average Bonchev–Trinajstić information content (AvgIpc) is 3.48. The van der Waals surface area contributed by atoms with Gasteiger partial charge in [-0.3, -0.25) is 4.79 Å². The standard InChI is InChI=1S/C24H30N4O2S/c1-18-7-3-4-14-27(18)15-6-13-25-24(29)22-17-21(23-8-5-16-31-23)26-28(22)19-9-11-20(30-2)12-10-19/h5,8-12,16-18H,3-4,6-7,13-15H2,1-2H3,(H,25,29). The molecule has 1 aliphatic heterocycles. The first-order valence-electron chi connectivity index (χ1n) is 11.0. The number of methoxy groups -OCH3 is 1. The molecule has 31 heavy (non-hydrogen) atoms. The van der Waals surface area contributed by atoms with E-state index in [2.05, 4.69) is 17.1 Å². The fraction of sp³-hybridized carbons (Fsp3) is 0.417. The quantitative estimate of drug-likeness (QED) is 0.522. The van der Waals surface area contributed by atoms with Crippen LogP contribution in [0.25, 0.3) is 16.3 Å². The van der Waals surface area contributed by atoms with Gasteiger partial charge in [-0.25, -0.2) is 4.68 Å². The number of hydrogen-bond acceptors (Lipinski definition) is 5. The highest BCUT2D eigenvalue weighted by molar-refractivity contribution is 7.13. The van der Waals surface area contributed by atoms with Crippen LogP contribution in [-0.2, 0) is 0 Å². The van der Waals surface area contributed by atoms with Crippen LogP contribution < -0.4 is 10.1 Å². The summed E-state index contributed by atoms with van der Waals surface area (Å²) in [6, 6.07) is 14.1. The third kappa shape index (κ3) is 5.17. The number of piperidine rings is 1. The first kappa shape index (κ1) is 21.6. The van der Waals surface area contributed by atoms with Crippen molar-refractivity contribution < 1.29 is 9.53 Å². The maximum atomic E-state index is 13.1. The third-order valence-electron chi connectivity index (χ3n) is 5.88. The van der Waals surface area contributed by atoms with E-state index in [1.165, 1.54) is 25.8 Å². The third-order valence-corrected chi connectivity index (χ3v) is 6.77. The average molecular weight is 439 g/mol. The van der Waals surface area contributed by atoms with E-state index >= 15 is 0 Å². The van der Waals surface area contributed by atoms with E-state index < -0.39 is 0 Å². The zero-order valence-electron chi connectivity index (χ0n) is 18.2. The van der Waals surface area contributed by atoms with Gasteiger partial charge < -0.3 is 15.0 Å². The number of carbonyl (C=O) groups is 1. The second kappa shape index (κ2) is 10.1. The highest BCUT2D eigenvalue weighted by atomic mass is 32.1. The van der Waals surface area contributed by atoms with Crippen LogP contribution in [0.15, 0.2) is 47.8 Å². The second-order valence-corrected chi connectivity index (χ2v) is 8.94. The minimum absolute atomic E-state index is 0.0992. The van der Waals surface area contributed by atoms with Crippen molar-refractivity contribution in [2.75, 3.05) is 26.7 Å². The Hall–Kier alpha value is -2.64. The molecule has 1 fully saturated rings. The van der Waals surface area contributed by atoms with E-state index in [-0.39, 0.29) is 5.91 Å². The first-order valence-corrected chi connectivity index (χ1v) is 11.8. The predicted molar refractivity (Wildman–Crippen MR) is 125 cm³/mol. The Kier molecular flexibility index (Phi) is 7.04. The topological polar surface area (TPSA) is 59.4 Å². The number of ether oxygens (including phenoxy) is 1. The van der Waals surface area contributed by atoms with E-state index in [1.807, 2.05) is 47.8 Å². The normalized spacial score (nSPS) is 16.9. The predicted octanol–water partition coefficient (Wildman–Crippen LogP) is 4.60. The maximum absolute atomic E-state index is 13.1.